The molecule has 0 bridgehead atoms. The predicted molar refractivity (Wildman–Crippen MR) is 79.8 cm³/mol. The summed E-state index contributed by atoms with van der Waals surface area (Å²) >= 11 is 0. The number of nitrogens with one attached hydrogen (secondary N) is 1. The molecule has 1 amide bonds. The zero-order valence-corrected chi connectivity index (χ0v) is 11.8. The molecule has 0 spiro atoms. The van der Waals surface area contributed by atoms with Crippen molar-refractivity contribution in [2.24, 2.45) is 11.0 Å². The van der Waals surface area contributed by atoms with Gasteiger partial charge in [0.1, 0.15) is 0 Å². The minimum Gasteiger partial charge on any atom is -0.384 e. The van der Waals surface area contributed by atoms with Gasteiger partial charge in [0, 0.05) is 31.0 Å². The summed E-state index contributed by atoms with van der Waals surface area (Å²) in [6, 6.07) is 7.33. The summed E-state index contributed by atoms with van der Waals surface area (Å²) in [7, 11) is 0. The van der Waals surface area contributed by atoms with Gasteiger partial charge >= 0.3 is 0 Å². The lowest BCUT2D eigenvalue weighted by molar-refractivity contribution is -0.117. The van der Waals surface area contributed by atoms with Crippen LogP contribution < -0.4 is 10.2 Å². The van der Waals surface area contributed by atoms with E-state index >= 15 is 0 Å². The Labute approximate surface area is 122 Å². The molecule has 1 atom stereocenters. The molecular formula is C14H16N6O. The van der Waals surface area contributed by atoms with Crippen LogP contribution in [0.3, 0.4) is 0 Å². The van der Waals surface area contributed by atoms with Crippen molar-refractivity contribution < 1.29 is 4.79 Å². The molecule has 1 aliphatic rings. The SMILES string of the molecule is CCNc1ccc(C#N)cc1N1CC(CN=[N+]=[N-])CC1=O. The predicted octanol–water partition coefficient (Wildman–Crippen LogP) is 2.65. The molecule has 1 heterocycles. The molecule has 7 heteroatoms. The van der Waals surface area contributed by atoms with Crippen LogP contribution in [0.15, 0.2) is 23.3 Å². The molecule has 1 aromatic rings. The lowest BCUT2D eigenvalue weighted by Crippen LogP contribution is -2.26. The number of anilines is 2. The molecule has 2 rings (SSSR count). The van der Waals surface area contributed by atoms with Crippen molar-refractivity contribution in [3.8, 4) is 6.07 Å². The van der Waals surface area contributed by atoms with Gasteiger partial charge in [-0.1, -0.05) is 5.11 Å². The lowest BCUT2D eigenvalue weighted by atomic mass is 10.1. The second kappa shape index (κ2) is 6.64. The smallest absolute Gasteiger partial charge is 0.227 e. The van der Waals surface area contributed by atoms with Crippen molar-refractivity contribution in [2.75, 3.05) is 29.9 Å². The summed E-state index contributed by atoms with van der Waals surface area (Å²) in [5.41, 5.74) is 10.4. The highest BCUT2D eigenvalue weighted by atomic mass is 16.2. The second-order valence-corrected chi connectivity index (χ2v) is 4.86. The van der Waals surface area contributed by atoms with Crippen molar-refractivity contribution in [3.05, 3.63) is 34.2 Å². The summed E-state index contributed by atoms with van der Waals surface area (Å²) in [4.78, 5) is 16.6. The quantitative estimate of drug-likeness (QED) is 0.510. The Morgan fingerprint density at radius 2 is 2.43 bits per heavy atom. The van der Waals surface area contributed by atoms with E-state index in [-0.39, 0.29) is 11.8 Å². The first-order chi connectivity index (χ1) is 10.2. The topological polar surface area (TPSA) is 105 Å². The monoisotopic (exact) mass is 284 g/mol. The van der Waals surface area contributed by atoms with E-state index in [0.717, 1.165) is 12.2 Å². The number of nitriles is 1. The Morgan fingerprint density at radius 1 is 1.62 bits per heavy atom. The lowest BCUT2D eigenvalue weighted by Gasteiger charge is -2.21. The van der Waals surface area contributed by atoms with Crippen molar-refractivity contribution in [1.29, 1.82) is 5.26 Å². The normalized spacial score (nSPS) is 17.2. The zero-order chi connectivity index (χ0) is 15.2. The van der Waals surface area contributed by atoms with Crippen LogP contribution in [-0.2, 0) is 4.79 Å². The third kappa shape index (κ3) is 3.25. The van der Waals surface area contributed by atoms with Crippen LogP contribution in [0.1, 0.15) is 18.9 Å². The molecular weight excluding hydrogens is 268 g/mol. The van der Waals surface area contributed by atoms with E-state index in [2.05, 4.69) is 21.4 Å². The van der Waals surface area contributed by atoms with Crippen molar-refractivity contribution in [2.45, 2.75) is 13.3 Å². The van der Waals surface area contributed by atoms with Gasteiger partial charge < -0.3 is 10.2 Å². The first kappa shape index (κ1) is 14.7. The highest BCUT2D eigenvalue weighted by molar-refractivity contribution is 5.99. The molecule has 7 nitrogen and oxygen atoms in total. The molecule has 1 fully saturated rings. The molecule has 1 aliphatic heterocycles. The average Bonchev–Trinajstić information content (AvgIpc) is 2.86. The Bertz CT molecular complexity index is 629. The van der Waals surface area contributed by atoms with E-state index in [1.165, 1.54) is 0 Å². The highest BCUT2D eigenvalue weighted by Gasteiger charge is 2.31. The van der Waals surface area contributed by atoms with E-state index in [0.29, 0.717) is 30.8 Å². The number of azide groups is 1. The van der Waals surface area contributed by atoms with Crippen molar-refractivity contribution in [1.82, 2.24) is 0 Å². The van der Waals surface area contributed by atoms with Crippen LogP contribution in [0.5, 0.6) is 0 Å². The fraction of sp³-hybridized carbons (Fsp3) is 0.429. The van der Waals surface area contributed by atoms with Crippen LogP contribution in [-0.4, -0.2) is 25.5 Å². The maximum absolute atomic E-state index is 12.2. The Hall–Kier alpha value is -2.71. The van der Waals surface area contributed by atoms with Crippen LogP contribution >= 0.6 is 0 Å². The molecule has 1 unspecified atom stereocenters. The third-order valence-electron chi connectivity index (χ3n) is 3.39. The van der Waals surface area contributed by atoms with Gasteiger partial charge in [-0.15, -0.1) is 0 Å². The van der Waals surface area contributed by atoms with Crippen LogP contribution in [0, 0.1) is 17.2 Å². The molecule has 1 N–H and O–H groups in total. The zero-order valence-electron chi connectivity index (χ0n) is 11.8. The van der Waals surface area contributed by atoms with Gasteiger partial charge in [0.2, 0.25) is 5.91 Å². The number of carbonyl (C=O) groups excluding carboxylic acids is 1. The summed E-state index contributed by atoms with van der Waals surface area (Å²) in [5.74, 6) is 0.0102. The first-order valence-corrected chi connectivity index (χ1v) is 6.78. The third-order valence-corrected chi connectivity index (χ3v) is 3.39. The number of carbonyl (C=O) groups is 1. The van der Waals surface area contributed by atoms with Crippen LogP contribution in [0.2, 0.25) is 0 Å². The number of hydrogen-bond donors (Lipinski definition) is 1. The fourth-order valence-electron chi connectivity index (χ4n) is 2.45. The molecule has 21 heavy (non-hydrogen) atoms. The summed E-state index contributed by atoms with van der Waals surface area (Å²) in [6.45, 7) is 3.51. The van der Waals surface area contributed by atoms with E-state index in [1.54, 1.807) is 17.0 Å². The minimum atomic E-state index is -0.0117. The van der Waals surface area contributed by atoms with Crippen molar-refractivity contribution in [3.63, 3.8) is 0 Å². The second-order valence-electron chi connectivity index (χ2n) is 4.86. The largest absolute Gasteiger partial charge is 0.384 e. The maximum Gasteiger partial charge on any atom is 0.227 e. The molecule has 0 aliphatic carbocycles. The average molecular weight is 284 g/mol. The molecule has 0 aromatic heterocycles. The van der Waals surface area contributed by atoms with Crippen molar-refractivity contribution >= 4 is 17.3 Å². The summed E-state index contributed by atoms with van der Waals surface area (Å²) < 4.78 is 0. The van der Waals surface area contributed by atoms with Gasteiger partial charge in [0.25, 0.3) is 0 Å². The molecule has 1 aromatic carbocycles. The molecule has 108 valence electrons. The maximum atomic E-state index is 12.2. The number of amides is 1. The van der Waals surface area contributed by atoms with E-state index in [1.807, 2.05) is 13.0 Å². The van der Waals surface area contributed by atoms with Crippen LogP contribution in [0.4, 0.5) is 11.4 Å². The molecule has 1 saturated heterocycles. The van der Waals surface area contributed by atoms with Gasteiger partial charge in [-0.05, 0) is 36.6 Å². The van der Waals surface area contributed by atoms with E-state index < -0.39 is 0 Å². The summed E-state index contributed by atoms with van der Waals surface area (Å²) in [5, 5.41) is 15.8. The fourth-order valence-corrected chi connectivity index (χ4v) is 2.45. The number of benzene rings is 1. The minimum absolute atomic E-state index is 0.0117. The number of nitrogens with zero attached hydrogens (tertiary/aromatic N) is 5. The number of rotatable bonds is 5. The standard InChI is InChI=1S/C14H16N6O/c1-2-17-12-4-3-10(7-15)5-13(12)20-9-11(6-14(20)21)8-18-19-16/h3-5,11,17H,2,6,8-9H2,1H3. The van der Waals surface area contributed by atoms with Gasteiger partial charge in [0.05, 0.1) is 23.0 Å². The van der Waals surface area contributed by atoms with Gasteiger partial charge in [0.15, 0.2) is 0 Å². The van der Waals surface area contributed by atoms with Gasteiger partial charge in [-0.2, -0.15) is 5.26 Å². The highest BCUT2D eigenvalue weighted by Crippen LogP contribution is 2.32. The van der Waals surface area contributed by atoms with E-state index in [9.17, 15) is 4.79 Å². The number of hydrogen-bond acceptors (Lipinski definition) is 4. The molecule has 0 radical (unpaired) electrons. The Balaban J connectivity index is 2.29. The summed E-state index contributed by atoms with van der Waals surface area (Å²) in [6.07, 6.45) is 0.362. The van der Waals surface area contributed by atoms with Gasteiger partial charge in [-0.25, -0.2) is 0 Å². The Kier molecular flexibility index (Phi) is 4.64. The van der Waals surface area contributed by atoms with E-state index in [4.69, 9.17) is 10.8 Å². The van der Waals surface area contributed by atoms with Gasteiger partial charge in [-0.3, -0.25) is 4.79 Å². The first-order valence-electron chi connectivity index (χ1n) is 6.78. The Morgan fingerprint density at radius 3 is 3.10 bits per heavy atom. The molecule has 0 saturated carbocycles. The van der Waals surface area contributed by atoms with Crippen LogP contribution in [0.25, 0.3) is 10.4 Å².